The van der Waals surface area contributed by atoms with Gasteiger partial charge in [-0.15, -0.1) is 0 Å². The number of nitrogen functional groups attached to an aromatic ring is 1. The highest BCUT2D eigenvalue weighted by Crippen LogP contribution is 2.21. The summed E-state index contributed by atoms with van der Waals surface area (Å²) in [6, 6.07) is 6.85. The molecule has 0 aliphatic carbocycles. The van der Waals surface area contributed by atoms with Crippen molar-refractivity contribution in [1.29, 1.82) is 0 Å². The number of rotatable bonds is 4. The maximum atomic E-state index is 12.1. The minimum atomic E-state index is -0.592. The van der Waals surface area contributed by atoms with E-state index in [9.17, 15) is 14.9 Å². The number of carbonyl (C=O) groups excluding carboxylic acids is 1. The van der Waals surface area contributed by atoms with Crippen molar-refractivity contribution in [2.45, 2.75) is 0 Å². The van der Waals surface area contributed by atoms with Crippen LogP contribution in [-0.4, -0.2) is 22.9 Å². The molecule has 0 aliphatic rings. The van der Waals surface area contributed by atoms with Gasteiger partial charge in [-0.2, -0.15) is 0 Å². The van der Waals surface area contributed by atoms with E-state index >= 15 is 0 Å². The number of hydrogen-bond acceptors (Lipinski definition) is 6. The second-order valence-corrected chi connectivity index (χ2v) is 4.07. The Kier molecular flexibility index (Phi) is 3.98. The summed E-state index contributed by atoms with van der Waals surface area (Å²) < 4.78 is 4.90. The molecule has 0 fully saturated rings. The number of nitro groups is 1. The number of nitrogens with one attached hydrogen (secondary N) is 1. The molecule has 0 unspecified atom stereocenters. The number of methoxy groups -OCH3 is 1. The van der Waals surface area contributed by atoms with Gasteiger partial charge in [0, 0.05) is 23.9 Å². The molecule has 2 aromatic rings. The fourth-order valence-electron chi connectivity index (χ4n) is 1.63. The number of nitro benzene ring substituents is 1. The summed E-state index contributed by atoms with van der Waals surface area (Å²) in [7, 11) is 1.48. The Labute approximate surface area is 119 Å². The number of benzene rings is 1. The molecule has 21 heavy (non-hydrogen) atoms. The van der Waals surface area contributed by atoms with Crippen molar-refractivity contribution in [2.24, 2.45) is 0 Å². The number of carbonyl (C=O) groups is 1. The molecule has 0 spiro atoms. The Hall–Kier alpha value is -3.16. The molecule has 0 aliphatic heterocycles. The minimum Gasteiger partial charge on any atom is -0.481 e. The lowest BCUT2D eigenvalue weighted by Gasteiger charge is -2.07. The topological polar surface area (TPSA) is 120 Å². The largest absolute Gasteiger partial charge is 0.481 e. The van der Waals surface area contributed by atoms with Crippen molar-refractivity contribution >= 4 is 23.0 Å². The molecule has 1 heterocycles. The van der Waals surface area contributed by atoms with Crippen molar-refractivity contribution in [3.63, 3.8) is 0 Å². The molecular weight excluding hydrogens is 276 g/mol. The van der Waals surface area contributed by atoms with Crippen molar-refractivity contribution in [2.75, 3.05) is 18.2 Å². The molecule has 8 heteroatoms. The second-order valence-electron chi connectivity index (χ2n) is 4.07. The maximum absolute atomic E-state index is 12.1. The number of hydrogen-bond donors (Lipinski definition) is 2. The highest BCUT2D eigenvalue weighted by molar-refractivity contribution is 6.08. The number of anilines is 2. The summed E-state index contributed by atoms with van der Waals surface area (Å²) in [5.74, 6) is -0.147. The third-order valence-electron chi connectivity index (χ3n) is 2.70. The van der Waals surface area contributed by atoms with Crippen LogP contribution in [0.15, 0.2) is 36.5 Å². The van der Waals surface area contributed by atoms with E-state index in [1.54, 1.807) is 12.1 Å². The predicted octanol–water partition coefficient (Wildman–Crippen LogP) is 1.83. The zero-order chi connectivity index (χ0) is 15.4. The van der Waals surface area contributed by atoms with Gasteiger partial charge >= 0.3 is 0 Å². The van der Waals surface area contributed by atoms with Gasteiger partial charge in [0.2, 0.25) is 5.88 Å². The van der Waals surface area contributed by atoms with Crippen molar-refractivity contribution in [3.8, 4) is 5.88 Å². The number of non-ortho nitro benzene ring substituents is 1. The van der Waals surface area contributed by atoms with Gasteiger partial charge in [0.05, 0.1) is 29.5 Å². The first-order valence-electron chi connectivity index (χ1n) is 5.86. The number of aromatic nitrogens is 1. The van der Waals surface area contributed by atoms with E-state index < -0.39 is 10.8 Å². The Morgan fingerprint density at radius 1 is 1.38 bits per heavy atom. The lowest BCUT2D eigenvalue weighted by molar-refractivity contribution is -0.384. The summed E-state index contributed by atoms with van der Waals surface area (Å²) >= 11 is 0. The second kappa shape index (κ2) is 5.87. The van der Waals surface area contributed by atoms with Crippen LogP contribution in [0.1, 0.15) is 10.4 Å². The first-order chi connectivity index (χ1) is 10.0. The Balaban J connectivity index is 2.23. The minimum absolute atomic E-state index is 0.0278. The van der Waals surface area contributed by atoms with E-state index in [0.717, 1.165) is 6.07 Å². The molecule has 0 radical (unpaired) electrons. The van der Waals surface area contributed by atoms with E-state index in [4.69, 9.17) is 10.5 Å². The monoisotopic (exact) mass is 288 g/mol. The lowest BCUT2D eigenvalue weighted by Crippen LogP contribution is -2.14. The van der Waals surface area contributed by atoms with Crippen LogP contribution in [0.5, 0.6) is 5.88 Å². The molecule has 1 aromatic carbocycles. The van der Waals surface area contributed by atoms with E-state index in [1.807, 2.05) is 0 Å². The van der Waals surface area contributed by atoms with Crippen LogP contribution in [0.25, 0.3) is 0 Å². The Morgan fingerprint density at radius 3 is 2.71 bits per heavy atom. The zero-order valence-corrected chi connectivity index (χ0v) is 11.1. The lowest BCUT2D eigenvalue weighted by atomic mass is 10.1. The average molecular weight is 288 g/mol. The van der Waals surface area contributed by atoms with Gasteiger partial charge < -0.3 is 15.8 Å². The smallest absolute Gasteiger partial charge is 0.270 e. The van der Waals surface area contributed by atoms with Gasteiger partial charge in [-0.05, 0) is 12.1 Å². The molecular formula is C13H12N4O4. The van der Waals surface area contributed by atoms with Gasteiger partial charge in [-0.1, -0.05) is 0 Å². The van der Waals surface area contributed by atoms with Gasteiger partial charge in [0.15, 0.2) is 0 Å². The van der Waals surface area contributed by atoms with Crippen LogP contribution in [0, 0.1) is 10.1 Å². The predicted molar refractivity (Wildman–Crippen MR) is 76.3 cm³/mol. The van der Waals surface area contributed by atoms with E-state index in [2.05, 4.69) is 10.3 Å². The normalized spacial score (nSPS) is 9.95. The summed E-state index contributed by atoms with van der Waals surface area (Å²) in [6.45, 7) is 0. The zero-order valence-electron chi connectivity index (χ0n) is 11.1. The highest BCUT2D eigenvalue weighted by Gasteiger charge is 2.15. The van der Waals surface area contributed by atoms with Crippen LogP contribution in [0.3, 0.4) is 0 Å². The van der Waals surface area contributed by atoms with Crippen LogP contribution < -0.4 is 15.8 Å². The molecule has 1 aromatic heterocycles. The van der Waals surface area contributed by atoms with Crippen LogP contribution in [0.4, 0.5) is 17.1 Å². The van der Waals surface area contributed by atoms with Gasteiger partial charge in [-0.3, -0.25) is 14.9 Å². The molecule has 0 bridgehead atoms. The summed E-state index contributed by atoms with van der Waals surface area (Å²) in [4.78, 5) is 26.2. The molecule has 0 saturated heterocycles. The summed E-state index contributed by atoms with van der Waals surface area (Å²) in [6.07, 6.45) is 1.41. The number of nitrogens with two attached hydrogens (primary N) is 1. The molecule has 0 atom stereocenters. The van der Waals surface area contributed by atoms with Crippen molar-refractivity contribution in [3.05, 3.63) is 52.2 Å². The van der Waals surface area contributed by atoms with E-state index in [0.29, 0.717) is 11.6 Å². The quantitative estimate of drug-likeness (QED) is 0.503. The first-order valence-corrected chi connectivity index (χ1v) is 5.86. The average Bonchev–Trinajstić information content (AvgIpc) is 2.48. The molecule has 3 N–H and O–H groups in total. The highest BCUT2D eigenvalue weighted by atomic mass is 16.6. The number of pyridine rings is 1. The Bertz CT molecular complexity index is 685. The number of amides is 1. The van der Waals surface area contributed by atoms with Gasteiger partial charge in [-0.25, -0.2) is 4.98 Å². The van der Waals surface area contributed by atoms with E-state index in [-0.39, 0.29) is 16.9 Å². The molecule has 1 amide bonds. The fourth-order valence-corrected chi connectivity index (χ4v) is 1.63. The van der Waals surface area contributed by atoms with Crippen molar-refractivity contribution < 1.29 is 14.5 Å². The van der Waals surface area contributed by atoms with Crippen LogP contribution >= 0.6 is 0 Å². The van der Waals surface area contributed by atoms with Crippen molar-refractivity contribution in [1.82, 2.24) is 4.98 Å². The van der Waals surface area contributed by atoms with Gasteiger partial charge in [0.25, 0.3) is 11.6 Å². The summed E-state index contributed by atoms with van der Waals surface area (Å²) in [5, 5.41) is 13.3. The maximum Gasteiger partial charge on any atom is 0.270 e. The molecule has 108 valence electrons. The van der Waals surface area contributed by atoms with Gasteiger partial charge in [0.1, 0.15) is 0 Å². The SMILES string of the molecule is COc1ccc(NC(=O)c2cc([N+](=O)[O-])ccc2N)cn1. The van der Waals surface area contributed by atoms with E-state index in [1.165, 1.54) is 25.4 Å². The molecule has 0 saturated carbocycles. The number of ether oxygens (including phenoxy) is 1. The standard InChI is InChI=1S/C13H12N4O4/c1-21-12-5-2-8(7-15-12)16-13(18)10-6-9(17(19)20)3-4-11(10)14/h2-7H,14H2,1H3,(H,16,18). The first kappa shape index (κ1) is 14.3. The summed E-state index contributed by atoms with van der Waals surface area (Å²) in [5.41, 5.74) is 6.07. The fraction of sp³-hybridized carbons (Fsp3) is 0.0769. The number of nitrogens with zero attached hydrogens (tertiary/aromatic N) is 2. The third-order valence-corrected chi connectivity index (χ3v) is 2.70. The van der Waals surface area contributed by atoms with Crippen LogP contribution in [-0.2, 0) is 0 Å². The molecule has 2 rings (SSSR count). The van der Waals surface area contributed by atoms with Crippen LogP contribution in [0.2, 0.25) is 0 Å². The Morgan fingerprint density at radius 2 is 2.14 bits per heavy atom. The third kappa shape index (κ3) is 3.24. The molecule has 8 nitrogen and oxygen atoms in total.